The summed E-state index contributed by atoms with van der Waals surface area (Å²) < 4.78 is 25.8. The van der Waals surface area contributed by atoms with E-state index in [0.717, 1.165) is 44.7 Å². The van der Waals surface area contributed by atoms with Crippen molar-refractivity contribution in [2.24, 2.45) is 0 Å². The van der Waals surface area contributed by atoms with Crippen molar-refractivity contribution in [1.82, 2.24) is 10.2 Å². The summed E-state index contributed by atoms with van der Waals surface area (Å²) in [5.74, 6) is -1.83. The zero-order valence-corrected chi connectivity index (χ0v) is 12.2. The maximum absolute atomic E-state index is 13.1. The van der Waals surface area contributed by atoms with Gasteiger partial charge in [-0.15, -0.1) is 0 Å². The van der Waals surface area contributed by atoms with Crippen LogP contribution in [0.4, 0.5) is 8.78 Å². The summed E-state index contributed by atoms with van der Waals surface area (Å²) in [4.78, 5) is 2.32. The third kappa shape index (κ3) is 5.53. The molecule has 0 aliphatic carbocycles. The van der Waals surface area contributed by atoms with Crippen LogP contribution in [0.25, 0.3) is 0 Å². The Morgan fingerprint density at radius 2 is 1.95 bits per heavy atom. The average Bonchev–Trinajstić information content (AvgIpc) is 2.44. The highest BCUT2D eigenvalue weighted by Crippen LogP contribution is 2.15. The molecule has 0 saturated heterocycles. The van der Waals surface area contributed by atoms with E-state index in [0.29, 0.717) is 12.1 Å². The number of aliphatic hydroxyl groups is 1. The van der Waals surface area contributed by atoms with Crippen LogP contribution in [0.3, 0.4) is 0 Å². The van der Waals surface area contributed by atoms with Crippen LogP contribution in [0, 0.1) is 11.6 Å². The Balaban J connectivity index is 2.32. The number of nitrogens with zero attached hydrogens (tertiary/aromatic N) is 1. The highest BCUT2D eigenvalue weighted by Gasteiger charge is 2.10. The van der Waals surface area contributed by atoms with Crippen molar-refractivity contribution >= 4 is 0 Å². The van der Waals surface area contributed by atoms with Crippen LogP contribution in [0.1, 0.15) is 31.9 Å². The van der Waals surface area contributed by atoms with E-state index in [4.69, 9.17) is 0 Å². The lowest BCUT2D eigenvalue weighted by molar-refractivity contribution is 0.171. The summed E-state index contributed by atoms with van der Waals surface area (Å²) in [6.45, 7) is 8.32. The molecule has 0 saturated carbocycles. The molecule has 0 heterocycles. The fraction of sp³-hybridized carbons (Fsp3) is 0.600. The second kappa shape index (κ2) is 9.00. The molecule has 114 valence electrons. The van der Waals surface area contributed by atoms with Gasteiger partial charge in [-0.25, -0.2) is 8.78 Å². The van der Waals surface area contributed by atoms with E-state index in [1.54, 1.807) is 0 Å². The van der Waals surface area contributed by atoms with Crippen molar-refractivity contribution in [2.45, 2.75) is 26.4 Å². The number of halogens is 2. The smallest absolute Gasteiger partial charge is 0.159 e. The molecule has 2 N–H and O–H groups in total. The minimum Gasteiger partial charge on any atom is -0.387 e. The van der Waals surface area contributed by atoms with E-state index in [9.17, 15) is 13.9 Å². The summed E-state index contributed by atoms with van der Waals surface area (Å²) in [6.07, 6.45) is 0.289. The number of hydrogen-bond donors (Lipinski definition) is 2. The summed E-state index contributed by atoms with van der Waals surface area (Å²) in [6, 6.07) is 3.48. The molecule has 1 rings (SSSR count). The number of rotatable bonds is 9. The molecular formula is C15H24F2N2O. The van der Waals surface area contributed by atoms with Gasteiger partial charge in [0.15, 0.2) is 11.6 Å². The molecule has 1 aromatic carbocycles. The highest BCUT2D eigenvalue weighted by molar-refractivity contribution is 5.20. The maximum Gasteiger partial charge on any atom is 0.159 e. The quantitative estimate of drug-likeness (QED) is 0.684. The maximum atomic E-state index is 13.1. The van der Waals surface area contributed by atoms with Crippen LogP contribution in [0.15, 0.2) is 18.2 Å². The number of hydrogen-bond acceptors (Lipinski definition) is 3. The summed E-state index contributed by atoms with van der Waals surface area (Å²) in [7, 11) is 0. The molecule has 0 fully saturated rings. The van der Waals surface area contributed by atoms with Gasteiger partial charge in [0.05, 0.1) is 6.10 Å². The van der Waals surface area contributed by atoms with E-state index in [1.807, 2.05) is 0 Å². The highest BCUT2D eigenvalue weighted by atomic mass is 19.2. The summed E-state index contributed by atoms with van der Waals surface area (Å²) in [5.41, 5.74) is 0.386. The van der Waals surface area contributed by atoms with E-state index in [-0.39, 0.29) is 0 Å². The first-order chi connectivity index (χ1) is 9.58. The van der Waals surface area contributed by atoms with Gasteiger partial charge in [0.2, 0.25) is 0 Å². The van der Waals surface area contributed by atoms with E-state index < -0.39 is 17.7 Å². The van der Waals surface area contributed by atoms with Crippen LogP contribution < -0.4 is 5.32 Å². The molecule has 0 aliphatic rings. The van der Waals surface area contributed by atoms with Crippen LogP contribution in [-0.2, 0) is 0 Å². The normalized spacial score (nSPS) is 12.9. The Kier molecular flexibility index (Phi) is 7.65. The Morgan fingerprint density at radius 1 is 1.20 bits per heavy atom. The van der Waals surface area contributed by atoms with Crippen molar-refractivity contribution in [2.75, 3.05) is 32.7 Å². The van der Waals surface area contributed by atoms with Crippen LogP contribution in [-0.4, -0.2) is 42.7 Å². The molecule has 20 heavy (non-hydrogen) atoms. The largest absolute Gasteiger partial charge is 0.387 e. The Labute approximate surface area is 119 Å². The van der Waals surface area contributed by atoms with Crippen molar-refractivity contribution in [3.8, 4) is 0 Å². The second-order valence-electron chi connectivity index (χ2n) is 4.83. The van der Waals surface area contributed by atoms with Crippen LogP contribution in [0.5, 0.6) is 0 Å². The molecule has 5 heteroatoms. The molecule has 1 unspecified atom stereocenters. The van der Waals surface area contributed by atoms with Gasteiger partial charge in [-0.2, -0.15) is 0 Å². The molecule has 0 aliphatic heterocycles. The number of nitrogens with one attached hydrogen (secondary N) is 1. The van der Waals surface area contributed by atoms with Gasteiger partial charge >= 0.3 is 0 Å². The lowest BCUT2D eigenvalue weighted by atomic mass is 10.1. The molecule has 0 radical (unpaired) electrons. The van der Waals surface area contributed by atoms with Crippen molar-refractivity contribution in [3.05, 3.63) is 35.4 Å². The van der Waals surface area contributed by atoms with Gasteiger partial charge < -0.3 is 15.3 Å². The first kappa shape index (κ1) is 17.0. The SMILES string of the molecule is CCCN(CC)CCNCC(O)c1ccc(F)c(F)c1. The van der Waals surface area contributed by atoms with Crippen LogP contribution in [0.2, 0.25) is 0 Å². The Hall–Kier alpha value is -1.04. The first-order valence-corrected chi connectivity index (χ1v) is 7.14. The van der Waals surface area contributed by atoms with E-state index in [2.05, 4.69) is 24.1 Å². The lowest BCUT2D eigenvalue weighted by Gasteiger charge is -2.20. The minimum absolute atomic E-state index is 0.328. The zero-order valence-electron chi connectivity index (χ0n) is 12.2. The first-order valence-electron chi connectivity index (χ1n) is 7.14. The van der Waals surface area contributed by atoms with Crippen molar-refractivity contribution < 1.29 is 13.9 Å². The summed E-state index contributed by atoms with van der Waals surface area (Å²) >= 11 is 0. The van der Waals surface area contributed by atoms with E-state index >= 15 is 0 Å². The minimum atomic E-state index is -0.929. The van der Waals surface area contributed by atoms with Crippen molar-refractivity contribution in [1.29, 1.82) is 0 Å². The zero-order chi connectivity index (χ0) is 15.0. The van der Waals surface area contributed by atoms with Gasteiger partial charge in [0, 0.05) is 19.6 Å². The molecule has 1 aromatic rings. The summed E-state index contributed by atoms with van der Waals surface area (Å²) in [5, 5.41) is 13.0. The molecule has 1 atom stereocenters. The van der Waals surface area contributed by atoms with Gasteiger partial charge in [0.1, 0.15) is 0 Å². The third-order valence-electron chi connectivity index (χ3n) is 3.26. The van der Waals surface area contributed by atoms with Gasteiger partial charge in [-0.1, -0.05) is 19.9 Å². The van der Waals surface area contributed by atoms with Gasteiger partial charge in [0.25, 0.3) is 0 Å². The molecule has 0 spiro atoms. The van der Waals surface area contributed by atoms with Crippen molar-refractivity contribution in [3.63, 3.8) is 0 Å². The molecule has 3 nitrogen and oxygen atoms in total. The van der Waals surface area contributed by atoms with E-state index in [1.165, 1.54) is 6.07 Å². The molecule has 0 amide bonds. The average molecular weight is 286 g/mol. The predicted molar refractivity (Wildman–Crippen MR) is 76.6 cm³/mol. The number of aliphatic hydroxyl groups excluding tert-OH is 1. The third-order valence-corrected chi connectivity index (χ3v) is 3.26. The number of likely N-dealkylation sites (N-methyl/N-ethyl adjacent to an activating group) is 1. The monoisotopic (exact) mass is 286 g/mol. The molecule has 0 bridgehead atoms. The molecular weight excluding hydrogens is 262 g/mol. The Bertz CT molecular complexity index is 401. The lowest BCUT2D eigenvalue weighted by Crippen LogP contribution is -2.34. The molecule has 0 aromatic heterocycles. The van der Waals surface area contributed by atoms with Gasteiger partial charge in [-0.05, 0) is 37.2 Å². The predicted octanol–water partition coefficient (Wildman–Crippen LogP) is 2.32. The van der Waals surface area contributed by atoms with Crippen LogP contribution >= 0.6 is 0 Å². The second-order valence-corrected chi connectivity index (χ2v) is 4.83. The fourth-order valence-electron chi connectivity index (χ4n) is 2.06. The topological polar surface area (TPSA) is 35.5 Å². The Morgan fingerprint density at radius 3 is 2.55 bits per heavy atom. The number of benzene rings is 1. The standard InChI is InChI=1S/C15H24F2N2O/c1-3-8-19(4-2)9-7-18-11-15(20)12-5-6-13(16)14(17)10-12/h5-6,10,15,18,20H,3-4,7-9,11H2,1-2H3. The van der Waals surface area contributed by atoms with Gasteiger partial charge in [-0.3, -0.25) is 0 Å². The fourth-order valence-corrected chi connectivity index (χ4v) is 2.06.